The summed E-state index contributed by atoms with van der Waals surface area (Å²) in [5.41, 5.74) is 9.08. The molecule has 0 spiro atoms. The van der Waals surface area contributed by atoms with Crippen LogP contribution in [0.5, 0.6) is 0 Å². The van der Waals surface area contributed by atoms with E-state index in [2.05, 4.69) is 25.7 Å². The molecule has 1 saturated heterocycles. The summed E-state index contributed by atoms with van der Waals surface area (Å²) in [6, 6.07) is 0. The molecule has 0 bridgehead atoms. The van der Waals surface area contributed by atoms with E-state index in [1.165, 1.54) is 19.3 Å². The van der Waals surface area contributed by atoms with Gasteiger partial charge in [-0.15, -0.1) is 0 Å². The minimum absolute atomic E-state index is 0.0678. The Kier molecular flexibility index (Phi) is 4.90. The number of hydrogen-bond acceptors (Lipinski definition) is 2. The molecule has 3 heteroatoms. The van der Waals surface area contributed by atoms with Crippen LogP contribution in [0.4, 0.5) is 0 Å². The van der Waals surface area contributed by atoms with E-state index >= 15 is 0 Å². The van der Waals surface area contributed by atoms with Gasteiger partial charge in [-0.05, 0) is 57.4 Å². The van der Waals surface area contributed by atoms with Gasteiger partial charge in [-0.3, -0.25) is 4.79 Å². The average molecular weight is 278 g/mol. The molecule has 1 aliphatic heterocycles. The summed E-state index contributed by atoms with van der Waals surface area (Å²) in [7, 11) is 0. The first-order valence-corrected chi connectivity index (χ1v) is 8.11. The molecule has 2 N–H and O–H groups in total. The highest BCUT2D eigenvalue weighted by Gasteiger charge is 2.29. The fourth-order valence-corrected chi connectivity index (χ4v) is 3.99. The molecular weight excluding hydrogens is 248 g/mol. The van der Waals surface area contributed by atoms with Gasteiger partial charge in [0.1, 0.15) is 0 Å². The predicted octanol–water partition coefficient (Wildman–Crippen LogP) is 3.10. The van der Waals surface area contributed by atoms with Crippen molar-refractivity contribution in [3.05, 3.63) is 11.1 Å². The Balaban J connectivity index is 1.93. The van der Waals surface area contributed by atoms with Crippen LogP contribution >= 0.6 is 0 Å². The maximum absolute atomic E-state index is 11.3. The van der Waals surface area contributed by atoms with Gasteiger partial charge in [0.05, 0.1) is 5.92 Å². The molecule has 0 saturated carbocycles. The fourth-order valence-electron chi connectivity index (χ4n) is 3.99. The van der Waals surface area contributed by atoms with E-state index < -0.39 is 0 Å². The number of carbonyl (C=O) groups excluding carboxylic acids is 1. The molecule has 0 radical (unpaired) electrons. The van der Waals surface area contributed by atoms with Crippen LogP contribution in [0.2, 0.25) is 0 Å². The summed E-state index contributed by atoms with van der Waals surface area (Å²) in [5.74, 6) is -0.0544. The fraction of sp³-hybridized carbons (Fsp3) is 0.824. The molecule has 20 heavy (non-hydrogen) atoms. The number of nitrogens with zero attached hydrogens (tertiary/aromatic N) is 1. The van der Waals surface area contributed by atoms with Crippen molar-refractivity contribution in [2.24, 2.45) is 17.1 Å². The first kappa shape index (κ1) is 15.6. The van der Waals surface area contributed by atoms with Gasteiger partial charge in [0.2, 0.25) is 5.91 Å². The molecule has 2 rings (SSSR count). The van der Waals surface area contributed by atoms with Crippen molar-refractivity contribution in [2.75, 3.05) is 19.6 Å². The molecule has 3 nitrogen and oxygen atoms in total. The average Bonchev–Trinajstić information content (AvgIpc) is 2.37. The number of hydrogen-bond donors (Lipinski definition) is 1. The minimum Gasteiger partial charge on any atom is -0.369 e. The van der Waals surface area contributed by atoms with Crippen LogP contribution in [0, 0.1) is 11.3 Å². The number of likely N-dealkylation sites (tertiary alicyclic amines) is 1. The van der Waals surface area contributed by atoms with Crippen LogP contribution in [-0.4, -0.2) is 30.4 Å². The number of piperidine rings is 1. The lowest BCUT2D eigenvalue weighted by Gasteiger charge is -2.37. The second-order valence-corrected chi connectivity index (χ2v) is 7.29. The molecule has 0 aromatic carbocycles. The molecule has 1 amide bonds. The van der Waals surface area contributed by atoms with Crippen molar-refractivity contribution >= 4 is 5.91 Å². The Bertz CT molecular complexity index is 398. The number of primary amides is 1. The van der Waals surface area contributed by atoms with E-state index in [9.17, 15) is 4.79 Å². The van der Waals surface area contributed by atoms with E-state index in [0.717, 1.165) is 38.9 Å². The van der Waals surface area contributed by atoms with Crippen LogP contribution in [-0.2, 0) is 4.79 Å². The smallest absolute Gasteiger partial charge is 0.221 e. The van der Waals surface area contributed by atoms with Crippen molar-refractivity contribution in [1.29, 1.82) is 0 Å². The van der Waals surface area contributed by atoms with Gasteiger partial charge in [0, 0.05) is 13.1 Å². The summed E-state index contributed by atoms with van der Waals surface area (Å²) < 4.78 is 0. The van der Waals surface area contributed by atoms with Crippen LogP contribution in [0.25, 0.3) is 0 Å². The highest BCUT2D eigenvalue weighted by molar-refractivity contribution is 5.76. The first-order valence-electron chi connectivity index (χ1n) is 8.11. The van der Waals surface area contributed by atoms with Crippen LogP contribution in [0.3, 0.4) is 0 Å². The maximum atomic E-state index is 11.3. The lowest BCUT2D eigenvalue weighted by atomic mass is 9.71. The molecule has 2 aliphatic rings. The van der Waals surface area contributed by atoms with Gasteiger partial charge in [-0.2, -0.15) is 0 Å². The van der Waals surface area contributed by atoms with Crippen molar-refractivity contribution in [2.45, 2.75) is 59.3 Å². The highest BCUT2D eigenvalue weighted by Crippen LogP contribution is 2.41. The zero-order chi connectivity index (χ0) is 14.8. The summed E-state index contributed by atoms with van der Waals surface area (Å²) >= 11 is 0. The lowest BCUT2D eigenvalue weighted by molar-refractivity contribution is -0.123. The molecule has 1 aliphatic carbocycles. The van der Waals surface area contributed by atoms with E-state index in [-0.39, 0.29) is 11.8 Å². The third-order valence-electron chi connectivity index (χ3n) is 5.27. The Morgan fingerprint density at radius 2 is 2.15 bits per heavy atom. The molecule has 1 unspecified atom stereocenters. The van der Waals surface area contributed by atoms with Crippen LogP contribution in [0.1, 0.15) is 59.3 Å². The highest BCUT2D eigenvalue weighted by atomic mass is 16.1. The molecule has 0 aromatic heterocycles. The molecule has 1 heterocycles. The van der Waals surface area contributed by atoms with Gasteiger partial charge in [0.15, 0.2) is 0 Å². The second kappa shape index (κ2) is 6.30. The molecular formula is C17H30N2O. The molecule has 1 atom stereocenters. The van der Waals surface area contributed by atoms with Gasteiger partial charge in [-0.25, -0.2) is 0 Å². The van der Waals surface area contributed by atoms with Gasteiger partial charge in [-0.1, -0.05) is 25.0 Å². The van der Waals surface area contributed by atoms with Gasteiger partial charge >= 0.3 is 0 Å². The Morgan fingerprint density at radius 3 is 2.80 bits per heavy atom. The number of allylic oxidation sites excluding steroid dienone is 1. The number of nitrogens with two attached hydrogens (primary N) is 1. The second-order valence-electron chi connectivity index (χ2n) is 7.29. The summed E-state index contributed by atoms with van der Waals surface area (Å²) in [6.07, 6.45) is 7.14. The largest absolute Gasteiger partial charge is 0.369 e. The predicted molar refractivity (Wildman–Crippen MR) is 83.3 cm³/mol. The van der Waals surface area contributed by atoms with Gasteiger partial charge in [0.25, 0.3) is 0 Å². The van der Waals surface area contributed by atoms with Crippen molar-refractivity contribution in [3.63, 3.8) is 0 Å². The standard InChI is InChI=1S/C17H30N2O/c1-13-6-4-9-17(2,3)15(13)8-11-19-10-5-7-14(12-19)16(18)20/h14H,4-12H2,1-3H3,(H2,18,20). The normalized spacial score (nSPS) is 27.6. The number of rotatable bonds is 4. The van der Waals surface area contributed by atoms with E-state index in [0.29, 0.717) is 5.41 Å². The topological polar surface area (TPSA) is 46.3 Å². The zero-order valence-electron chi connectivity index (χ0n) is 13.4. The van der Waals surface area contributed by atoms with Gasteiger partial charge < -0.3 is 10.6 Å². The summed E-state index contributed by atoms with van der Waals surface area (Å²) in [5, 5.41) is 0. The van der Waals surface area contributed by atoms with E-state index in [1.54, 1.807) is 11.1 Å². The van der Waals surface area contributed by atoms with E-state index in [4.69, 9.17) is 5.73 Å². The molecule has 1 fully saturated rings. The van der Waals surface area contributed by atoms with Crippen molar-refractivity contribution in [3.8, 4) is 0 Å². The third kappa shape index (κ3) is 3.63. The molecule has 0 aromatic rings. The summed E-state index contributed by atoms with van der Waals surface area (Å²) in [6.45, 7) is 10.1. The third-order valence-corrected chi connectivity index (χ3v) is 5.27. The van der Waals surface area contributed by atoms with Crippen molar-refractivity contribution in [1.82, 2.24) is 4.90 Å². The maximum Gasteiger partial charge on any atom is 0.221 e. The first-order chi connectivity index (χ1) is 9.40. The van der Waals surface area contributed by atoms with Crippen LogP contribution in [0.15, 0.2) is 11.1 Å². The number of carbonyl (C=O) groups is 1. The monoisotopic (exact) mass is 278 g/mol. The lowest BCUT2D eigenvalue weighted by Crippen LogP contribution is -2.41. The Morgan fingerprint density at radius 1 is 1.40 bits per heavy atom. The minimum atomic E-state index is -0.122. The van der Waals surface area contributed by atoms with E-state index in [1.807, 2.05) is 0 Å². The molecule has 114 valence electrons. The Hall–Kier alpha value is -0.830. The summed E-state index contributed by atoms with van der Waals surface area (Å²) in [4.78, 5) is 13.8. The SMILES string of the molecule is CC1=C(CCN2CCCC(C(N)=O)C2)C(C)(C)CCC1. The quantitative estimate of drug-likeness (QED) is 0.803. The Labute approximate surface area is 123 Å². The van der Waals surface area contributed by atoms with Crippen LogP contribution < -0.4 is 5.73 Å². The van der Waals surface area contributed by atoms with Crippen molar-refractivity contribution < 1.29 is 4.79 Å². The zero-order valence-corrected chi connectivity index (χ0v) is 13.4. The number of amides is 1.